The Hall–Kier alpha value is -1.05. The Balaban J connectivity index is 3.67. The van der Waals surface area contributed by atoms with Crippen molar-refractivity contribution in [1.29, 1.82) is 0 Å². The zero-order chi connectivity index (χ0) is 7.98. The lowest BCUT2D eigenvalue weighted by Crippen LogP contribution is -1.98. The van der Waals surface area contributed by atoms with Crippen LogP contribution in [0.3, 0.4) is 0 Å². The molecule has 0 fully saturated rings. The first-order valence-electron chi connectivity index (χ1n) is 3.17. The molecule has 0 aliphatic carbocycles. The molecule has 0 amide bonds. The highest BCUT2D eigenvalue weighted by Gasteiger charge is 1.90. The van der Waals surface area contributed by atoms with Gasteiger partial charge in [-0.05, 0) is 13.8 Å². The quantitative estimate of drug-likeness (QED) is 0.338. The van der Waals surface area contributed by atoms with Crippen molar-refractivity contribution < 1.29 is 9.53 Å². The van der Waals surface area contributed by atoms with Gasteiger partial charge in [-0.25, -0.2) is 4.79 Å². The lowest BCUT2D eigenvalue weighted by Gasteiger charge is -1.93. The summed E-state index contributed by atoms with van der Waals surface area (Å²) in [5.74, 6) is -0.314. The van der Waals surface area contributed by atoms with Crippen LogP contribution >= 0.6 is 0 Å². The molecule has 2 heteroatoms. The van der Waals surface area contributed by atoms with Crippen LogP contribution in [0.1, 0.15) is 13.8 Å². The van der Waals surface area contributed by atoms with Crippen LogP contribution in [0.4, 0.5) is 0 Å². The molecule has 0 saturated carbocycles. The van der Waals surface area contributed by atoms with Crippen LogP contribution in [-0.4, -0.2) is 12.6 Å². The molecule has 0 radical (unpaired) electrons. The number of allylic oxidation sites excluding steroid dienone is 2. The minimum Gasteiger partial charge on any atom is -0.463 e. The van der Waals surface area contributed by atoms with Crippen molar-refractivity contribution in [3.8, 4) is 0 Å². The SMILES string of the molecule is C=C(C)C=CC(=O)OCC. The lowest BCUT2D eigenvalue weighted by molar-refractivity contribution is -0.137. The maximum atomic E-state index is 10.6. The second-order valence-electron chi connectivity index (χ2n) is 1.93. The van der Waals surface area contributed by atoms with E-state index in [0.717, 1.165) is 5.57 Å². The molecule has 0 atom stereocenters. The molecule has 0 aromatic carbocycles. The van der Waals surface area contributed by atoms with Gasteiger partial charge in [-0.1, -0.05) is 18.2 Å². The minimum absolute atomic E-state index is 0.314. The number of hydrogen-bond acceptors (Lipinski definition) is 2. The highest BCUT2D eigenvalue weighted by atomic mass is 16.5. The zero-order valence-electron chi connectivity index (χ0n) is 6.39. The summed E-state index contributed by atoms with van der Waals surface area (Å²) in [5.41, 5.74) is 0.841. The number of carbonyl (C=O) groups excluding carboxylic acids is 1. The molecular formula is C8H12O2. The van der Waals surface area contributed by atoms with Gasteiger partial charge in [0.25, 0.3) is 0 Å². The normalized spacial score (nSPS) is 9.80. The average Bonchev–Trinajstić information content (AvgIpc) is 1.85. The van der Waals surface area contributed by atoms with Crippen LogP contribution in [0.2, 0.25) is 0 Å². The van der Waals surface area contributed by atoms with Crippen LogP contribution in [0, 0.1) is 0 Å². The number of ether oxygens (including phenoxy) is 1. The smallest absolute Gasteiger partial charge is 0.330 e. The molecule has 0 saturated heterocycles. The predicted octanol–water partition coefficient (Wildman–Crippen LogP) is 1.68. The van der Waals surface area contributed by atoms with Crippen molar-refractivity contribution >= 4 is 5.97 Å². The van der Waals surface area contributed by atoms with E-state index in [0.29, 0.717) is 6.61 Å². The van der Waals surface area contributed by atoms with E-state index in [9.17, 15) is 4.79 Å². The van der Waals surface area contributed by atoms with E-state index >= 15 is 0 Å². The van der Waals surface area contributed by atoms with Gasteiger partial charge >= 0.3 is 5.97 Å². The Bertz CT molecular complexity index is 157. The van der Waals surface area contributed by atoms with Gasteiger partial charge < -0.3 is 4.74 Å². The highest BCUT2D eigenvalue weighted by Crippen LogP contribution is 1.89. The van der Waals surface area contributed by atoms with Gasteiger partial charge in [0, 0.05) is 6.08 Å². The summed E-state index contributed by atoms with van der Waals surface area (Å²) in [6.45, 7) is 7.59. The van der Waals surface area contributed by atoms with Gasteiger partial charge in [0.1, 0.15) is 0 Å². The molecule has 0 spiro atoms. The van der Waals surface area contributed by atoms with Gasteiger partial charge in [0.15, 0.2) is 0 Å². The molecule has 0 aromatic heterocycles. The van der Waals surface area contributed by atoms with Crippen LogP contribution in [0.5, 0.6) is 0 Å². The Morgan fingerprint density at radius 2 is 2.20 bits per heavy atom. The van der Waals surface area contributed by atoms with Crippen LogP contribution < -0.4 is 0 Å². The molecule has 2 nitrogen and oxygen atoms in total. The molecule has 0 unspecified atom stereocenters. The lowest BCUT2D eigenvalue weighted by atomic mass is 10.3. The summed E-state index contributed by atoms with van der Waals surface area (Å²) < 4.78 is 4.63. The third-order valence-electron chi connectivity index (χ3n) is 0.791. The molecule has 0 heterocycles. The zero-order valence-corrected chi connectivity index (χ0v) is 6.39. The summed E-state index contributed by atoms with van der Waals surface area (Å²) in [4.78, 5) is 10.6. The van der Waals surface area contributed by atoms with Gasteiger partial charge in [-0.3, -0.25) is 0 Å². The first-order valence-corrected chi connectivity index (χ1v) is 3.17. The van der Waals surface area contributed by atoms with Gasteiger partial charge in [-0.15, -0.1) is 0 Å². The fourth-order valence-corrected chi connectivity index (χ4v) is 0.401. The molecule has 0 N–H and O–H groups in total. The van der Waals surface area contributed by atoms with E-state index in [1.807, 2.05) is 6.92 Å². The largest absolute Gasteiger partial charge is 0.463 e. The van der Waals surface area contributed by atoms with Crippen LogP contribution in [-0.2, 0) is 9.53 Å². The molecule has 0 rings (SSSR count). The summed E-state index contributed by atoms with van der Waals surface area (Å²) >= 11 is 0. The van der Waals surface area contributed by atoms with Gasteiger partial charge in [-0.2, -0.15) is 0 Å². The van der Waals surface area contributed by atoms with Crippen molar-refractivity contribution in [2.24, 2.45) is 0 Å². The van der Waals surface area contributed by atoms with Crippen molar-refractivity contribution in [2.75, 3.05) is 6.61 Å². The van der Waals surface area contributed by atoms with E-state index in [4.69, 9.17) is 0 Å². The Labute approximate surface area is 61.2 Å². The number of esters is 1. The average molecular weight is 140 g/mol. The van der Waals surface area contributed by atoms with E-state index in [1.54, 1.807) is 13.0 Å². The third kappa shape index (κ3) is 5.09. The monoisotopic (exact) mass is 140 g/mol. The van der Waals surface area contributed by atoms with Crippen LogP contribution in [0.15, 0.2) is 24.3 Å². The first-order chi connectivity index (χ1) is 4.66. The number of carbonyl (C=O) groups is 1. The van der Waals surface area contributed by atoms with E-state index in [-0.39, 0.29) is 5.97 Å². The highest BCUT2D eigenvalue weighted by molar-refractivity contribution is 5.82. The predicted molar refractivity (Wildman–Crippen MR) is 40.6 cm³/mol. The van der Waals surface area contributed by atoms with Gasteiger partial charge in [0.2, 0.25) is 0 Å². The first kappa shape index (κ1) is 8.95. The van der Waals surface area contributed by atoms with Gasteiger partial charge in [0.05, 0.1) is 6.61 Å². The summed E-state index contributed by atoms with van der Waals surface area (Å²) in [6.07, 6.45) is 2.99. The minimum atomic E-state index is -0.314. The third-order valence-corrected chi connectivity index (χ3v) is 0.791. The fraction of sp³-hybridized carbons (Fsp3) is 0.375. The molecule has 10 heavy (non-hydrogen) atoms. The summed E-state index contributed by atoms with van der Waals surface area (Å²) in [5, 5.41) is 0. The molecule has 0 aliphatic rings. The molecule has 0 aliphatic heterocycles. The van der Waals surface area contributed by atoms with E-state index in [2.05, 4.69) is 11.3 Å². The topological polar surface area (TPSA) is 26.3 Å². The molecular weight excluding hydrogens is 128 g/mol. The second-order valence-corrected chi connectivity index (χ2v) is 1.93. The molecule has 56 valence electrons. The Morgan fingerprint density at radius 3 is 2.60 bits per heavy atom. The maximum absolute atomic E-state index is 10.6. The molecule has 0 bridgehead atoms. The fourth-order valence-electron chi connectivity index (χ4n) is 0.401. The van der Waals surface area contributed by atoms with Crippen molar-refractivity contribution in [1.82, 2.24) is 0 Å². The van der Waals surface area contributed by atoms with Crippen molar-refractivity contribution in [3.63, 3.8) is 0 Å². The number of hydrogen-bond donors (Lipinski definition) is 0. The van der Waals surface area contributed by atoms with Crippen LogP contribution in [0.25, 0.3) is 0 Å². The maximum Gasteiger partial charge on any atom is 0.330 e. The standard InChI is InChI=1S/C8H12O2/c1-4-10-8(9)6-5-7(2)3/h5-6H,2,4H2,1,3H3. The Kier molecular flexibility index (Phi) is 4.29. The number of rotatable bonds is 3. The van der Waals surface area contributed by atoms with Crippen molar-refractivity contribution in [2.45, 2.75) is 13.8 Å². The second kappa shape index (κ2) is 4.79. The Morgan fingerprint density at radius 1 is 1.60 bits per heavy atom. The van der Waals surface area contributed by atoms with E-state index in [1.165, 1.54) is 6.08 Å². The van der Waals surface area contributed by atoms with E-state index < -0.39 is 0 Å². The summed E-state index contributed by atoms with van der Waals surface area (Å²) in [6, 6.07) is 0. The summed E-state index contributed by atoms with van der Waals surface area (Å²) in [7, 11) is 0. The van der Waals surface area contributed by atoms with Crippen molar-refractivity contribution in [3.05, 3.63) is 24.3 Å². The molecule has 0 aromatic rings.